The predicted molar refractivity (Wildman–Crippen MR) is 134 cm³/mol. The van der Waals surface area contributed by atoms with E-state index in [0.29, 0.717) is 5.92 Å². The zero-order valence-electron chi connectivity index (χ0n) is 21.0. The van der Waals surface area contributed by atoms with E-state index in [-0.39, 0.29) is 11.3 Å². The Morgan fingerprint density at radius 2 is 1.35 bits per heavy atom. The molecule has 0 spiro atoms. The van der Waals surface area contributed by atoms with Crippen molar-refractivity contribution in [3.05, 3.63) is 82.9 Å². The van der Waals surface area contributed by atoms with E-state index in [9.17, 15) is 22.4 Å². The number of hydrogen-bond acceptors (Lipinski definition) is 3. The average Bonchev–Trinajstić information content (AvgIpc) is 2.92. The van der Waals surface area contributed by atoms with Crippen molar-refractivity contribution in [2.75, 3.05) is 7.11 Å². The first kappa shape index (κ1) is 26.7. The fourth-order valence-corrected chi connectivity index (χ4v) is 5.04. The van der Waals surface area contributed by atoms with E-state index in [1.165, 1.54) is 32.1 Å². The van der Waals surface area contributed by atoms with E-state index in [0.717, 1.165) is 55.7 Å². The second-order valence-electron chi connectivity index (χ2n) is 9.55. The van der Waals surface area contributed by atoms with Crippen LogP contribution in [0.25, 0.3) is 11.1 Å². The predicted octanol–water partition coefficient (Wildman–Crippen LogP) is 8.60. The molecule has 0 amide bonds. The summed E-state index contributed by atoms with van der Waals surface area (Å²) in [5.41, 5.74) is 0.362. The van der Waals surface area contributed by atoms with Gasteiger partial charge < -0.3 is 9.47 Å². The van der Waals surface area contributed by atoms with Gasteiger partial charge in [0.1, 0.15) is 0 Å². The summed E-state index contributed by atoms with van der Waals surface area (Å²) in [5.74, 6) is -6.23. The second kappa shape index (κ2) is 11.8. The molecule has 0 radical (unpaired) electrons. The lowest BCUT2D eigenvalue weighted by molar-refractivity contribution is 0.0726. The van der Waals surface area contributed by atoms with Gasteiger partial charge in [-0.15, -0.1) is 0 Å². The molecule has 0 aliphatic heterocycles. The molecule has 0 atom stereocenters. The Hall–Kier alpha value is -3.35. The van der Waals surface area contributed by atoms with Gasteiger partial charge in [-0.25, -0.2) is 13.6 Å². The number of ether oxygens (including phenoxy) is 2. The third-order valence-corrected chi connectivity index (χ3v) is 7.24. The van der Waals surface area contributed by atoms with Crippen LogP contribution < -0.4 is 9.47 Å². The number of benzene rings is 3. The lowest BCUT2D eigenvalue weighted by atomic mass is 9.77. The fourth-order valence-electron chi connectivity index (χ4n) is 5.04. The van der Waals surface area contributed by atoms with Gasteiger partial charge in [0.15, 0.2) is 23.1 Å². The molecule has 1 saturated carbocycles. The monoisotopic (exact) mass is 514 g/mol. The first-order valence-electron chi connectivity index (χ1n) is 12.7. The number of carbonyl (C=O) groups excluding carboxylic acids is 1. The number of unbranched alkanes of at least 4 members (excludes halogenated alkanes) is 1. The third-order valence-electron chi connectivity index (χ3n) is 7.24. The van der Waals surface area contributed by atoms with Crippen LogP contribution in [0, 0.1) is 29.2 Å². The van der Waals surface area contributed by atoms with E-state index in [4.69, 9.17) is 9.47 Å². The number of hydrogen-bond donors (Lipinski definition) is 0. The molecule has 0 saturated heterocycles. The van der Waals surface area contributed by atoms with Crippen LogP contribution >= 0.6 is 0 Å². The van der Waals surface area contributed by atoms with Crippen molar-refractivity contribution in [1.29, 1.82) is 0 Å². The molecule has 0 heterocycles. The van der Waals surface area contributed by atoms with Crippen LogP contribution in [0.2, 0.25) is 0 Å². The molecule has 3 nitrogen and oxygen atoms in total. The maximum atomic E-state index is 14.8. The minimum atomic E-state index is -1.47. The summed E-state index contributed by atoms with van der Waals surface area (Å²) in [5, 5.41) is 0. The average molecular weight is 515 g/mol. The minimum absolute atomic E-state index is 0.201. The van der Waals surface area contributed by atoms with E-state index >= 15 is 0 Å². The summed E-state index contributed by atoms with van der Waals surface area (Å²) in [6.45, 7) is 2.21. The van der Waals surface area contributed by atoms with Gasteiger partial charge in [-0.1, -0.05) is 38.3 Å². The van der Waals surface area contributed by atoms with Crippen LogP contribution in [0.4, 0.5) is 17.6 Å². The molecule has 196 valence electrons. The van der Waals surface area contributed by atoms with Crippen LogP contribution in [0.5, 0.6) is 11.5 Å². The van der Waals surface area contributed by atoms with Crippen LogP contribution in [0.15, 0.2) is 48.5 Å². The second-order valence-corrected chi connectivity index (χ2v) is 9.55. The smallest absolute Gasteiger partial charge is 0.343 e. The molecule has 37 heavy (non-hydrogen) atoms. The lowest BCUT2D eigenvalue weighted by Crippen LogP contribution is -2.14. The first-order valence-corrected chi connectivity index (χ1v) is 12.7. The molecule has 0 aromatic heterocycles. The molecule has 7 heteroatoms. The molecule has 3 aromatic rings. The van der Waals surface area contributed by atoms with Gasteiger partial charge in [0.05, 0.1) is 12.7 Å². The Kier molecular flexibility index (Phi) is 8.52. The third kappa shape index (κ3) is 5.81. The highest BCUT2D eigenvalue weighted by molar-refractivity contribution is 5.91. The van der Waals surface area contributed by atoms with Crippen molar-refractivity contribution in [3.63, 3.8) is 0 Å². The number of esters is 1. The highest BCUT2D eigenvalue weighted by Gasteiger charge is 2.24. The minimum Gasteiger partial charge on any atom is -0.494 e. The maximum absolute atomic E-state index is 14.8. The van der Waals surface area contributed by atoms with Gasteiger partial charge in [0.25, 0.3) is 0 Å². The zero-order valence-corrected chi connectivity index (χ0v) is 21.0. The molecule has 4 rings (SSSR count). The van der Waals surface area contributed by atoms with Gasteiger partial charge in [-0.05, 0) is 79.5 Å². The first-order chi connectivity index (χ1) is 17.8. The molecule has 0 N–H and O–H groups in total. The SMILES string of the molecule is CCCCC1CCC(c2ccc(C(=O)Oc3ccc(-c4ccc(OC)c(F)c4F)c(F)c3F)cc2)CC1. The quantitative estimate of drug-likeness (QED) is 0.172. The summed E-state index contributed by atoms with van der Waals surface area (Å²) in [7, 11) is 1.16. The topological polar surface area (TPSA) is 35.5 Å². The summed E-state index contributed by atoms with van der Waals surface area (Å²) in [6.07, 6.45) is 8.44. The van der Waals surface area contributed by atoms with E-state index in [1.807, 2.05) is 12.1 Å². The van der Waals surface area contributed by atoms with E-state index in [1.54, 1.807) is 12.1 Å². The van der Waals surface area contributed by atoms with Gasteiger partial charge in [0, 0.05) is 11.1 Å². The molecule has 1 fully saturated rings. The standard InChI is InChI=1S/C30H30F4O3/c1-3-4-5-18-6-8-19(9-7-18)20-10-12-21(13-11-20)30(35)37-25-17-15-23(27(32)29(25)34)22-14-16-24(36-2)28(33)26(22)31/h10-19H,3-9H2,1-2H3. The van der Waals surface area contributed by atoms with Crippen molar-refractivity contribution in [2.45, 2.75) is 57.8 Å². The maximum Gasteiger partial charge on any atom is 0.343 e. The highest BCUT2D eigenvalue weighted by atomic mass is 19.2. The molecule has 0 unspecified atom stereocenters. The largest absolute Gasteiger partial charge is 0.494 e. The Bertz CT molecular complexity index is 1250. The Labute approximate surface area is 214 Å². The van der Waals surface area contributed by atoms with Gasteiger partial charge in [-0.2, -0.15) is 8.78 Å². The Morgan fingerprint density at radius 3 is 1.92 bits per heavy atom. The summed E-state index contributed by atoms with van der Waals surface area (Å²) < 4.78 is 67.7. The van der Waals surface area contributed by atoms with Crippen LogP contribution in [0.1, 0.15) is 73.7 Å². The van der Waals surface area contributed by atoms with Gasteiger partial charge in [0.2, 0.25) is 11.6 Å². The Morgan fingerprint density at radius 1 is 0.784 bits per heavy atom. The molecule has 1 aliphatic carbocycles. The van der Waals surface area contributed by atoms with Crippen molar-refractivity contribution in [2.24, 2.45) is 5.92 Å². The number of halogens is 4. The van der Waals surface area contributed by atoms with Crippen molar-refractivity contribution < 1.29 is 31.8 Å². The van der Waals surface area contributed by atoms with Crippen LogP contribution in [0.3, 0.4) is 0 Å². The Balaban J connectivity index is 1.44. The van der Waals surface area contributed by atoms with Crippen molar-refractivity contribution in [1.82, 2.24) is 0 Å². The summed E-state index contributed by atoms with van der Waals surface area (Å²) in [4.78, 5) is 12.6. The van der Waals surface area contributed by atoms with Gasteiger partial charge in [-0.3, -0.25) is 0 Å². The molecular formula is C30H30F4O3. The molecule has 3 aromatic carbocycles. The van der Waals surface area contributed by atoms with Crippen molar-refractivity contribution >= 4 is 5.97 Å². The zero-order chi connectivity index (χ0) is 26.5. The molecule has 0 bridgehead atoms. The summed E-state index contributed by atoms with van der Waals surface area (Å²) >= 11 is 0. The fraction of sp³-hybridized carbons (Fsp3) is 0.367. The number of methoxy groups -OCH3 is 1. The highest BCUT2D eigenvalue weighted by Crippen LogP contribution is 2.38. The van der Waals surface area contributed by atoms with Gasteiger partial charge >= 0.3 is 5.97 Å². The van der Waals surface area contributed by atoms with E-state index in [2.05, 4.69) is 6.92 Å². The lowest BCUT2D eigenvalue weighted by Gasteiger charge is -2.28. The normalized spacial score (nSPS) is 17.5. The van der Waals surface area contributed by atoms with Crippen LogP contribution in [-0.4, -0.2) is 13.1 Å². The summed E-state index contributed by atoms with van der Waals surface area (Å²) in [6, 6.07) is 11.3. The molecular weight excluding hydrogens is 484 g/mol. The number of rotatable bonds is 8. The van der Waals surface area contributed by atoms with E-state index < -0.39 is 46.1 Å². The van der Waals surface area contributed by atoms with Crippen molar-refractivity contribution in [3.8, 4) is 22.6 Å². The number of carbonyl (C=O) groups is 1. The van der Waals surface area contributed by atoms with Crippen LogP contribution in [-0.2, 0) is 0 Å². The molecule has 1 aliphatic rings.